The van der Waals surface area contributed by atoms with Crippen molar-refractivity contribution < 1.29 is 13.9 Å². The number of urea groups is 1. The summed E-state index contributed by atoms with van der Waals surface area (Å²) >= 11 is 0. The van der Waals surface area contributed by atoms with Crippen LogP contribution in [0.5, 0.6) is 5.75 Å². The monoisotopic (exact) mass is 268 g/mol. The van der Waals surface area contributed by atoms with E-state index in [0.717, 1.165) is 19.3 Å². The Balaban J connectivity index is 2.05. The molecule has 0 heterocycles. The normalized spacial score (nSPS) is 10.0. The molecule has 0 aliphatic heterocycles. The molecule has 4 nitrogen and oxygen atoms in total. The van der Waals surface area contributed by atoms with Gasteiger partial charge in [0.15, 0.2) is 0 Å². The fourth-order valence-electron chi connectivity index (χ4n) is 1.53. The fourth-order valence-corrected chi connectivity index (χ4v) is 1.53. The predicted octanol–water partition coefficient (Wildman–Crippen LogP) is 2.69. The molecule has 1 aromatic rings. The van der Waals surface area contributed by atoms with Gasteiger partial charge in [0.05, 0.1) is 6.54 Å². The minimum atomic E-state index is -0.334. The standard InChI is InChI=1S/C14H21FN2O2/c1-2-3-4-8-16-14(18)17-9-10-19-13-7-5-6-12(15)11-13/h5-7,11H,2-4,8-10H2,1H3,(H2,16,17,18). The van der Waals surface area contributed by atoms with Crippen LogP contribution in [0.3, 0.4) is 0 Å². The molecule has 0 saturated carbocycles. The molecule has 19 heavy (non-hydrogen) atoms. The molecule has 0 radical (unpaired) electrons. The summed E-state index contributed by atoms with van der Waals surface area (Å²) in [6.45, 7) is 3.50. The first-order valence-corrected chi connectivity index (χ1v) is 6.62. The van der Waals surface area contributed by atoms with Crippen LogP contribution in [-0.2, 0) is 0 Å². The summed E-state index contributed by atoms with van der Waals surface area (Å²) in [6, 6.07) is 5.73. The maximum Gasteiger partial charge on any atom is 0.314 e. The Bertz CT molecular complexity index is 385. The minimum absolute atomic E-state index is 0.195. The first-order valence-electron chi connectivity index (χ1n) is 6.62. The van der Waals surface area contributed by atoms with E-state index in [1.54, 1.807) is 12.1 Å². The van der Waals surface area contributed by atoms with Crippen molar-refractivity contribution in [2.75, 3.05) is 19.7 Å². The van der Waals surface area contributed by atoms with Gasteiger partial charge in [-0.1, -0.05) is 25.8 Å². The van der Waals surface area contributed by atoms with Crippen LogP contribution >= 0.6 is 0 Å². The van der Waals surface area contributed by atoms with Crippen LogP contribution in [0.2, 0.25) is 0 Å². The Morgan fingerprint density at radius 3 is 2.79 bits per heavy atom. The summed E-state index contributed by atoms with van der Waals surface area (Å²) in [4.78, 5) is 11.3. The van der Waals surface area contributed by atoms with E-state index in [9.17, 15) is 9.18 Å². The molecule has 0 aromatic heterocycles. The molecule has 0 fully saturated rings. The number of amides is 2. The molecular weight excluding hydrogens is 247 g/mol. The average Bonchev–Trinajstić information content (AvgIpc) is 2.40. The Morgan fingerprint density at radius 2 is 2.05 bits per heavy atom. The second-order valence-electron chi connectivity index (χ2n) is 4.20. The van der Waals surface area contributed by atoms with Gasteiger partial charge in [0.1, 0.15) is 18.2 Å². The van der Waals surface area contributed by atoms with Crippen LogP contribution in [0, 0.1) is 5.82 Å². The number of nitrogens with one attached hydrogen (secondary N) is 2. The topological polar surface area (TPSA) is 50.4 Å². The van der Waals surface area contributed by atoms with Gasteiger partial charge in [0.25, 0.3) is 0 Å². The molecule has 1 rings (SSSR count). The number of hydrogen-bond donors (Lipinski definition) is 2. The molecule has 1 aromatic carbocycles. The summed E-state index contributed by atoms with van der Waals surface area (Å²) < 4.78 is 18.1. The van der Waals surface area contributed by atoms with E-state index in [1.807, 2.05) is 0 Å². The highest BCUT2D eigenvalue weighted by atomic mass is 19.1. The zero-order valence-electron chi connectivity index (χ0n) is 11.2. The Kier molecular flexibility index (Phi) is 7.39. The average molecular weight is 268 g/mol. The summed E-state index contributed by atoms with van der Waals surface area (Å²) in [5.74, 6) is 0.129. The lowest BCUT2D eigenvalue weighted by Crippen LogP contribution is -2.38. The van der Waals surface area contributed by atoms with E-state index >= 15 is 0 Å². The molecule has 0 atom stereocenters. The minimum Gasteiger partial charge on any atom is -0.492 e. The van der Waals surface area contributed by atoms with E-state index in [4.69, 9.17) is 4.74 Å². The third-order valence-corrected chi connectivity index (χ3v) is 2.52. The smallest absolute Gasteiger partial charge is 0.314 e. The number of benzene rings is 1. The maximum absolute atomic E-state index is 12.8. The quantitative estimate of drug-likeness (QED) is 0.712. The second kappa shape index (κ2) is 9.19. The van der Waals surface area contributed by atoms with Gasteiger partial charge in [-0.05, 0) is 18.6 Å². The number of rotatable bonds is 8. The molecule has 106 valence electrons. The number of ether oxygens (including phenoxy) is 1. The van der Waals surface area contributed by atoms with E-state index < -0.39 is 0 Å². The van der Waals surface area contributed by atoms with E-state index in [2.05, 4.69) is 17.6 Å². The second-order valence-corrected chi connectivity index (χ2v) is 4.20. The van der Waals surface area contributed by atoms with Gasteiger partial charge in [0, 0.05) is 12.6 Å². The molecule has 0 bridgehead atoms. The van der Waals surface area contributed by atoms with Crippen molar-refractivity contribution in [3.8, 4) is 5.75 Å². The highest BCUT2D eigenvalue weighted by Crippen LogP contribution is 2.11. The molecule has 2 N–H and O–H groups in total. The van der Waals surface area contributed by atoms with E-state index in [-0.39, 0.29) is 11.8 Å². The first kappa shape index (κ1) is 15.3. The summed E-state index contributed by atoms with van der Waals surface area (Å²) in [5, 5.41) is 5.44. The van der Waals surface area contributed by atoms with Crippen molar-refractivity contribution in [2.45, 2.75) is 26.2 Å². The van der Waals surface area contributed by atoms with Crippen molar-refractivity contribution in [1.29, 1.82) is 0 Å². The van der Waals surface area contributed by atoms with Gasteiger partial charge >= 0.3 is 6.03 Å². The predicted molar refractivity (Wildman–Crippen MR) is 72.8 cm³/mol. The van der Waals surface area contributed by atoms with Gasteiger partial charge in [-0.15, -0.1) is 0 Å². The van der Waals surface area contributed by atoms with Gasteiger partial charge in [-0.25, -0.2) is 9.18 Å². The lowest BCUT2D eigenvalue weighted by Gasteiger charge is -2.09. The van der Waals surface area contributed by atoms with Crippen LogP contribution in [0.4, 0.5) is 9.18 Å². The van der Waals surface area contributed by atoms with Crippen LogP contribution in [-0.4, -0.2) is 25.7 Å². The summed E-state index contributed by atoms with van der Waals surface area (Å²) in [6.07, 6.45) is 3.23. The lowest BCUT2D eigenvalue weighted by atomic mass is 10.2. The number of hydrogen-bond acceptors (Lipinski definition) is 2. The molecule has 2 amide bonds. The SMILES string of the molecule is CCCCCNC(=O)NCCOc1cccc(F)c1. The fraction of sp³-hybridized carbons (Fsp3) is 0.500. The van der Waals surface area contributed by atoms with Crippen molar-refractivity contribution in [3.63, 3.8) is 0 Å². The molecule has 0 saturated heterocycles. The van der Waals surface area contributed by atoms with Gasteiger partial charge < -0.3 is 15.4 Å². The third kappa shape index (κ3) is 7.28. The van der Waals surface area contributed by atoms with Crippen LogP contribution in [0.15, 0.2) is 24.3 Å². The van der Waals surface area contributed by atoms with Crippen molar-refractivity contribution in [2.24, 2.45) is 0 Å². The molecule has 0 spiro atoms. The highest BCUT2D eigenvalue weighted by molar-refractivity contribution is 5.73. The van der Waals surface area contributed by atoms with Crippen LogP contribution in [0.1, 0.15) is 26.2 Å². The molecule has 0 aliphatic carbocycles. The van der Waals surface area contributed by atoms with Crippen molar-refractivity contribution in [1.82, 2.24) is 10.6 Å². The van der Waals surface area contributed by atoms with Crippen LogP contribution < -0.4 is 15.4 Å². The third-order valence-electron chi connectivity index (χ3n) is 2.52. The number of halogens is 1. The molecule has 5 heteroatoms. The summed E-state index contributed by atoms with van der Waals surface area (Å²) in [5.41, 5.74) is 0. The zero-order chi connectivity index (χ0) is 13.9. The van der Waals surface area contributed by atoms with Crippen molar-refractivity contribution in [3.05, 3.63) is 30.1 Å². The molecular formula is C14H21FN2O2. The first-order chi connectivity index (χ1) is 9.22. The summed E-state index contributed by atoms with van der Waals surface area (Å²) in [7, 11) is 0. The van der Waals surface area contributed by atoms with E-state index in [1.165, 1.54) is 12.1 Å². The van der Waals surface area contributed by atoms with E-state index in [0.29, 0.717) is 25.4 Å². The number of carbonyl (C=O) groups is 1. The molecule has 0 aliphatic rings. The number of unbranched alkanes of at least 4 members (excludes halogenated alkanes) is 2. The largest absolute Gasteiger partial charge is 0.492 e. The Hall–Kier alpha value is -1.78. The molecule has 0 unspecified atom stereocenters. The number of carbonyl (C=O) groups excluding carboxylic acids is 1. The Labute approximate surface area is 113 Å². The highest BCUT2D eigenvalue weighted by Gasteiger charge is 1.99. The maximum atomic E-state index is 12.8. The van der Waals surface area contributed by atoms with Gasteiger partial charge in [0.2, 0.25) is 0 Å². The van der Waals surface area contributed by atoms with Gasteiger partial charge in [-0.3, -0.25) is 0 Å². The lowest BCUT2D eigenvalue weighted by molar-refractivity contribution is 0.236. The zero-order valence-corrected chi connectivity index (χ0v) is 11.2. The van der Waals surface area contributed by atoms with Crippen molar-refractivity contribution >= 4 is 6.03 Å². The van der Waals surface area contributed by atoms with Gasteiger partial charge in [-0.2, -0.15) is 0 Å². The van der Waals surface area contributed by atoms with Crippen LogP contribution in [0.25, 0.3) is 0 Å². The Morgan fingerprint density at radius 1 is 1.26 bits per heavy atom.